The van der Waals surface area contributed by atoms with E-state index in [4.69, 9.17) is 32.7 Å². The Labute approximate surface area is 189 Å². The van der Waals surface area contributed by atoms with Crippen molar-refractivity contribution in [1.82, 2.24) is 4.90 Å². The summed E-state index contributed by atoms with van der Waals surface area (Å²) in [5, 5.41) is 11.2. The number of fused-ring (bicyclic) bond motifs is 1. The van der Waals surface area contributed by atoms with Crippen LogP contribution >= 0.6 is 23.2 Å². The fourth-order valence-electron chi connectivity index (χ4n) is 4.57. The summed E-state index contributed by atoms with van der Waals surface area (Å²) >= 11 is 12.7. The van der Waals surface area contributed by atoms with Crippen LogP contribution in [-0.4, -0.2) is 53.8 Å². The average molecular weight is 463 g/mol. The molecular formula is C22H20Cl2N2O5. The summed E-state index contributed by atoms with van der Waals surface area (Å²) in [5.41, 5.74) is 2.37. The maximum atomic E-state index is 11.9. The maximum absolute atomic E-state index is 11.9. The van der Waals surface area contributed by atoms with E-state index in [1.807, 2.05) is 6.07 Å². The lowest BCUT2D eigenvalue weighted by atomic mass is 10.1. The van der Waals surface area contributed by atoms with Crippen LogP contribution in [0.1, 0.15) is 23.7 Å². The number of carbonyl (C=O) groups excluding carboxylic acids is 2. The zero-order chi connectivity index (χ0) is 21.7. The molecule has 0 radical (unpaired) electrons. The van der Waals surface area contributed by atoms with E-state index >= 15 is 0 Å². The Bertz CT molecular complexity index is 1030. The standard InChI is InChI=1S/C22H20Cl2N2O5/c23-12-7-17-16(18(24)8-12)9-19(25-6-5-14(27)10-25)21(17)31-15-3-1-13(2-4-15)26-20(28)11-30-22(26)29/h1-4,7-8,14,19,21,27H,5-6,9-11H2/t14-,19+,21+/m1/s1. The van der Waals surface area contributed by atoms with Gasteiger partial charge < -0.3 is 14.6 Å². The minimum atomic E-state index is -0.680. The van der Waals surface area contributed by atoms with Gasteiger partial charge in [-0.3, -0.25) is 9.69 Å². The van der Waals surface area contributed by atoms with Gasteiger partial charge in [-0.1, -0.05) is 23.2 Å². The SMILES string of the molecule is O=C1COC(=O)N1c1ccc(O[C@H]2c3cc(Cl)cc(Cl)c3C[C@@H]2N2CC[C@@H](O)C2)cc1. The number of aliphatic hydroxyl groups excluding tert-OH is 1. The Morgan fingerprint density at radius 3 is 2.55 bits per heavy atom. The van der Waals surface area contributed by atoms with Crippen molar-refractivity contribution >= 4 is 40.9 Å². The summed E-state index contributed by atoms with van der Waals surface area (Å²) < 4.78 is 11.1. The molecule has 0 bridgehead atoms. The van der Waals surface area contributed by atoms with Crippen molar-refractivity contribution in [2.24, 2.45) is 0 Å². The molecule has 3 atom stereocenters. The first kappa shape index (κ1) is 20.6. The molecule has 2 aliphatic heterocycles. The monoisotopic (exact) mass is 462 g/mol. The molecule has 3 aliphatic rings. The van der Waals surface area contributed by atoms with Crippen LogP contribution in [0.2, 0.25) is 10.0 Å². The van der Waals surface area contributed by atoms with E-state index in [-0.39, 0.29) is 24.9 Å². The van der Waals surface area contributed by atoms with Crippen LogP contribution in [0.15, 0.2) is 36.4 Å². The van der Waals surface area contributed by atoms with Crippen LogP contribution in [0.25, 0.3) is 0 Å². The fraction of sp³-hybridized carbons (Fsp3) is 0.364. The lowest BCUT2D eigenvalue weighted by Gasteiger charge is -2.30. The molecule has 1 aliphatic carbocycles. The van der Waals surface area contributed by atoms with Crippen molar-refractivity contribution in [2.75, 3.05) is 24.6 Å². The maximum Gasteiger partial charge on any atom is 0.421 e. The lowest BCUT2D eigenvalue weighted by molar-refractivity contribution is -0.117. The highest BCUT2D eigenvalue weighted by Crippen LogP contribution is 2.43. The van der Waals surface area contributed by atoms with E-state index in [2.05, 4.69) is 4.90 Å². The van der Waals surface area contributed by atoms with Crippen molar-refractivity contribution in [2.45, 2.75) is 31.1 Å². The Balaban J connectivity index is 1.43. The highest BCUT2D eigenvalue weighted by Gasteiger charge is 2.41. The van der Waals surface area contributed by atoms with Crippen LogP contribution in [0.3, 0.4) is 0 Å². The average Bonchev–Trinajstić information content (AvgIpc) is 3.41. The third-order valence-corrected chi connectivity index (χ3v) is 6.59. The molecule has 5 rings (SSSR count). The van der Waals surface area contributed by atoms with Gasteiger partial charge in [0.15, 0.2) is 6.61 Å². The van der Waals surface area contributed by atoms with E-state index in [0.717, 1.165) is 29.0 Å². The van der Waals surface area contributed by atoms with Crippen molar-refractivity contribution in [3.05, 3.63) is 57.6 Å². The van der Waals surface area contributed by atoms with Crippen LogP contribution in [-0.2, 0) is 16.0 Å². The zero-order valence-corrected chi connectivity index (χ0v) is 18.0. The summed E-state index contributed by atoms with van der Waals surface area (Å²) in [6, 6.07) is 10.4. The number of nitrogens with zero attached hydrogens (tertiary/aromatic N) is 2. The Hall–Kier alpha value is -2.32. The molecule has 2 aromatic carbocycles. The van der Waals surface area contributed by atoms with Gasteiger partial charge in [0.25, 0.3) is 5.91 Å². The molecule has 0 spiro atoms. The quantitative estimate of drug-likeness (QED) is 0.747. The van der Waals surface area contributed by atoms with E-state index in [1.54, 1.807) is 30.3 Å². The van der Waals surface area contributed by atoms with Gasteiger partial charge >= 0.3 is 6.09 Å². The number of cyclic esters (lactones) is 1. The molecule has 0 aromatic heterocycles. The molecule has 2 saturated heterocycles. The summed E-state index contributed by atoms with van der Waals surface area (Å²) in [6.07, 6.45) is 0.0824. The van der Waals surface area contributed by atoms with Crippen LogP contribution < -0.4 is 9.64 Å². The first-order valence-electron chi connectivity index (χ1n) is 10.1. The summed E-state index contributed by atoms with van der Waals surface area (Å²) in [7, 11) is 0. The molecule has 31 heavy (non-hydrogen) atoms. The number of imide groups is 1. The van der Waals surface area contributed by atoms with Crippen LogP contribution in [0.4, 0.5) is 10.5 Å². The fourth-order valence-corrected chi connectivity index (χ4v) is 5.16. The molecule has 2 heterocycles. The normalized spacial score (nSPS) is 25.8. The van der Waals surface area contributed by atoms with Crippen molar-refractivity contribution in [3.8, 4) is 5.75 Å². The predicted octanol–water partition coefficient (Wildman–Crippen LogP) is 3.59. The Kier molecular flexibility index (Phi) is 5.30. The number of β-amino-alcohol motifs (C(OH)–C–C–N with tert-alkyl or cyclic N) is 1. The number of halogens is 2. The minimum Gasteiger partial charge on any atom is -0.484 e. The van der Waals surface area contributed by atoms with E-state index < -0.39 is 12.0 Å². The number of carbonyl (C=O) groups is 2. The van der Waals surface area contributed by atoms with Crippen molar-refractivity contribution in [1.29, 1.82) is 0 Å². The molecule has 7 nitrogen and oxygen atoms in total. The molecule has 2 fully saturated rings. The van der Waals surface area contributed by atoms with E-state index in [1.165, 1.54) is 0 Å². The second kappa shape index (κ2) is 7.98. The van der Waals surface area contributed by atoms with Gasteiger partial charge in [0.1, 0.15) is 11.9 Å². The number of likely N-dealkylation sites (tertiary alicyclic amines) is 1. The predicted molar refractivity (Wildman–Crippen MR) is 115 cm³/mol. The molecule has 9 heteroatoms. The first-order chi connectivity index (χ1) is 14.9. The van der Waals surface area contributed by atoms with Crippen LogP contribution in [0, 0.1) is 0 Å². The van der Waals surface area contributed by atoms with Gasteiger partial charge in [-0.15, -0.1) is 0 Å². The van der Waals surface area contributed by atoms with Gasteiger partial charge in [-0.05, 0) is 54.8 Å². The van der Waals surface area contributed by atoms with Crippen molar-refractivity contribution < 1.29 is 24.2 Å². The smallest absolute Gasteiger partial charge is 0.421 e. The lowest BCUT2D eigenvalue weighted by Crippen LogP contribution is -2.39. The second-order valence-electron chi connectivity index (χ2n) is 7.98. The molecule has 1 N–H and O–H groups in total. The third-order valence-electron chi connectivity index (χ3n) is 6.04. The molecular weight excluding hydrogens is 443 g/mol. The Morgan fingerprint density at radius 1 is 1.13 bits per heavy atom. The van der Waals surface area contributed by atoms with Gasteiger partial charge in [-0.25, -0.2) is 9.69 Å². The highest BCUT2D eigenvalue weighted by atomic mass is 35.5. The number of anilines is 1. The summed E-state index contributed by atoms with van der Waals surface area (Å²) in [4.78, 5) is 26.9. The van der Waals surface area contributed by atoms with Crippen molar-refractivity contribution in [3.63, 3.8) is 0 Å². The summed E-state index contributed by atoms with van der Waals surface area (Å²) in [6.45, 7) is 1.12. The molecule has 2 amide bonds. The highest BCUT2D eigenvalue weighted by molar-refractivity contribution is 6.35. The second-order valence-corrected chi connectivity index (χ2v) is 8.82. The third kappa shape index (κ3) is 3.76. The number of amides is 2. The van der Waals surface area contributed by atoms with Gasteiger partial charge in [-0.2, -0.15) is 0 Å². The van der Waals surface area contributed by atoms with E-state index in [0.29, 0.717) is 34.4 Å². The van der Waals surface area contributed by atoms with Gasteiger partial charge in [0, 0.05) is 28.7 Å². The largest absolute Gasteiger partial charge is 0.484 e. The van der Waals surface area contributed by atoms with Gasteiger partial charge in [0.05, 0.1) is 17.8 Å². The number of aliphatic hydroxyl groups is 1. The molecule has 2 aromatic rings. The number of hydrogen-bond donors (Lipinski definition) is 1. The number of ether oxygens (including phenoxy) is 2. The topological polar surface area (TPSA) is 79.3 Å². The molecule has 162 valence electrons. The number of benzene rings is 2. The zero-order valence-electron chi connectivity index (χ0n) is 16.5. The van der Waals surface area contributed by atoms with E-state index in [9.17, 15) is 14.7 Å². The number of hydrogen-bond acceptors (Lipinski definition) is 6. The van der Waals surface area contributed by atoms with Crippen LogP contribution in [0.5, 0.6) is 5.75 Å². The van der Waals surface area contributed by atoms with Gasteiger partial charge in [0.2, 0.25) is 0 Å². The molecule has 0 unspecified atom stereocenters. The number of rotatable bonds is 4. The Morgan fingerprint density at radius 2 is 1.90 bits per heavy atom. The minimum absolute atomic E-state index is 0.0120. The first-order valence-corrected chi connectivity index (χ1v) is 10.8. The molecule has 0 saturated carbocycles. The summed E-state index contributed by atoms with van der Waals surface area (Å²) in [5.74, 6) is 0.183.